The first-order chi connectivity index (χ1) is 12.5. The molecule has 0 unspecified atom stereocenters. The molecule has 26 heavy (non-hydrogen) atoms. The van der Waals surface area contributed by atoms with Crippen molar-refractivity contribution in [2.24, 2.45) is 0 Å². The predicted octanol–water partition coefficient (Wildman–Crippen LogP) is 1.55. The quantitative estimate of drug-likeness (QED) is 0.866. The number of hydrogen-bond donors (Lipinski definition) is 2. The molecule has 1 aromatic carbocycles. The molecule has 2 heterocycles. The molecular formula is C19H23N3O4. The molecule has 0 bridgehead atoms. The van der Waals surface area contributed by atoms with Gasteiger partial charge in [0.15, 0.2) is 5.69 Å². The van der Waals surface area contributed by atoms with Crippen LogP contribution in [0.2, 0.25) is 0 Å². The number of H-pyrrole nitrogens is 1. The third-order valence-corrected chi connectivity index (χ3v) is 4.53. The van der Waals surface area contributed by atoms with Gasteiger partial charge in [0.05, 0.1) is 6.54 Å². The number of rotatable bonds is 4. The van der Waals surface area contributed by atoms with Gasteiger partial charge in [0.25, 0.3) is 11.5 Å². The molecule has 1 fully saturated rings. The molecule has 0 spiro atoms. The standard InChI is InChI=1S/C19H23N3O4/c1-12(2)13-4-3-5-14(10-13)26-16-6-9-22(11-15(16)23)19(25)17-18(24)21-8-7-20-17/h3-5,7-8,10,12,15-16,23H,6,9,11H2,1-2H3,(H,21,24)/t15-,16-/m1/s1. The molecule has 0 saturated carbocycles. The van der Waals surface area contributed by atoms with Crippen LogP contribution < -0.4 is 10.3 Å². The summed E-state index contributed by atoms with van der Waals surface area (Å²) in [7, 11) is 0. The van der Waals surface area contributed by atoms with E-state index in [-0.39, 0.29) is 12.2 Å². The zero-order valence-electron chi connectivity index (χ0n) is 14.9. The number of likely N-dealkylation sites (tertiary alicyclic amines) is 1. The van der Waals surface area contributed by atoms with Crippen molar-refractivity contribution in [3.8, 4) is 5.75 Å². The zero-order valence-corrected chi connectivity index (χ0v) is 14.9. The number of aliphatic hydroxyl groups excluding tert-OH is 1. The lowest BCUT2D eigenvalue weighted by Gasteiger charge is -2.35. The van der Waals surface area contributed by atoms with Crippen LogP contribution in [-0.2, 0) is 0 Å². The molecule has 2 atom stereocenters. The van der Waals surface area contributed by atoms with Crippen molar-refractivity contribution in [2.45, 2.75) is 38.4 Å². The summed E-state index contributed by atoms with van der Waals surface area (Å²) in [6.45, 7) is 4.71. The predicted molar refractivity (Wildman–Crippen MR) is 96.3 cm³/mol. The van der Waals surface area contributed by atoms with Crippen molar-refractivity contribution >= 4 is 5.91 Å². The van der Waals surface area contributed by atoms with Gasteiger partial charge in [-0.05, 0) is 23.6 Å². The fraction of sp³-hybridized carbons (Fsp3) is 0.421. The fourth-order valence-electron chi connectivity index (χ4n) is 3.01. The number of nitrogens with one attached hydrogen (secondary N) is 1. The lowest BCUT2D eigenvalue weighted by Crippen LogP contribution is -2.51. The second-order valence-corrected chi connectivity index (χ2v) is 6.76. The number of nitrogens with zero attached hydrogens (tertiary/aromatic N) is 2. The number of β-amino-alcohol motifs (C(OH)–C–C–N with tert-alkyl or cyclic N) is 1. The molecule has 1 aliphatic heterocycles. The van der Waals surface area contributed by atoms with Crippen LogP contribution in [0.3, 0.4) is 0 Å². The summed E-state index contributed by atoms with van der Waals surface area (Å²) in [5.41, 5.74) is 0.471. The number of aromatic amines is 1. The van der Waals surface area contributed by atoms with Crippen LogP contribution in [0.1, 0.15) is 42.2 Å². The van der Waals surface area contributed by atoms with E-state index in [1.54, 1.807) is 0 Å². The first-order valence-electron chi connectivity index (χ1n) is 8.73. The Morgan fingerprint density at radius 3 is 2.92 bits per heavy atom. The summed E-state index contributed by atoms with van der Waals surface area (Å²) < 4.78 is 5.94. The molecule has 2 N–H and O–H groups in total. The number of benzene rings is 1. The SMILES string of the molecule is CC(C)c1cccc(O[C@@H]2CCN(C(=O)c3ncc[nH]c3=O)C[C@H]2O)c1. The summed E-state index contributed by atoms with van der Waals surface area (Å²) in [5, 5.41) is 10.4. The Morgan fingerprint density at radius 1 is 1.42 bits per heavy atom. The van der Waals surface area contributed by atoms with E-state index in [0.29, 0.717) is 24.6 Å². The average Bonchev–Trinajstić information content (AvgIpc) is 2.63. The Labute approximate surface area is 151 Å². The van der Waals surface area contributed by atoms with Gasteiger partial charge in [0.1, 0.15) is 18.0 Å². The lowest BCUT2D eigenvalue weighted by atomic mass is 10.0. The Morgan fingerprint density at radius 2 is 2.23 bits per heavy atom. The van der Waals surface area contributed by atoms with Crippen molar-refractivity contribution < 1.29 is 14.6 Å². The fourth-order valence-corrected chi connectivity index (χ4v) is 3.01. The minimum absolute atomic E-state index is 0.101. The van der Waals surface area contributed by atoms with Gasteiger partial charge < -0.3 is 19.7 Å². The van der Waals surface area contributed by atoms with Crippen LogP contribution in [0.5, 0.6) is 5.75 Å². The second kappa shape index (κ2) is 7.70. The highest BCUT2D eigenvalue weighted by Crippen LogP contribution is 2.24. The van der Waals surface area contributed by atoms with Gasteiger partial charge in [-0.2, -0.15) is 0 Å². The van der Waals surface area contributed by atoms with Crippen molar-refractivity contribution in [3.05, 3.63) is 58.3 Å². The highest BCUT2D eigenvalue weighted by Gasteiger charge is 2.33. The van der Waals surface area contributed by atoms with Gasteiger partial charge in [0, 0.05) is 25.4 Å². The highest BCUT2D eigenvalue weighted by atomic mass is 16.5. The molecule has 2 aromatic rings. The largest absolute Gasteiger partial charge is 0.488 e. The van der Waals surface area contributed by atoms with E-state index in [0.717, 1.165) is 0 Å². The molecule has 1 amide bonds. The van der Waals surface area contributed by atoms with Gasteiger partial charge in [0.2, 0.25) is 0 Å². The maximum absolute atomic E-state index is 12.4. The lowest BCUT2D eigenvalue weighted by molar-refractivity contribution is -0.0201. The van der Waals surface area contributed by atoms with E-state index in [2.05, 4.69) is 23.8 Å². The minimum atomic E-state index is -0.835. The molecule has 3 rings (SSSR count). The first kappa shape index (κ1) is 18.1. The third kappa shape index (κ3) is 3.94. The van der Waals surface area contributed by atoms with E-state index in [9.17, 15) is 14.7 Å². The van der Waals surface area contributed by atoms with E-state index in [1.165, 1.54) is 22.9 Å². The third-order valence-electron chi connectivity index (χ3n) is 4.53. The summed E-state index contributed by atoms with van der Waals surface area (Å²) in [6, 6.07) is 7.81. The number of ether oxygens (including phenoxy) is 1. The maximum atomic E-state index is 12.4. The zero-order chi connectivity index (χ0) is 18.7. The van der Waals surface area contributed by atoms with Gasteiger partial charge in [-0.15, -0.1) is 0 Å². The van der Waals surface area contributed by atoms with Crippen LogP contribution >= 0.6 is 0 Å². The Kier molecular flexibility index (Phi) is 5.37. The number of aliphatic hydroxyl groups is 1. The number of carbonyl (C=O) groups excluding carboxylic acids is 1. The van der Waals surface area contributed by atoms with Crippen LogP contribution in [0.25, 0.3) is 0 Å². The van der Waals surface area contributed by atoms with Crippen molar-refractivity contribution in [1.29, 1.82) is 0 Å². The normalized spacial score (nSPS) is 20.2. The number of amides is 1. The topological polar surface area (TPSA) is 95.5 Å². The summed E-state index contributed by atoms with van der Waals surface area (Å²) >= 11 is 0. The van der Waals surface area contributed by atoms with Crippen molar-refractivity contribution in [3.63, 3.8) is 0 Å². The summed E-state index contributed by atoms with van der Waals surface area (Å²) in [6.07, 6.45) is 1.98. The number of hydrogen-bond acceptors (Lipinski definition) is 5. The first-order valence-corrected chi connectivity index (χ1v) is 8.73. The van der Waals surface area contributed by atoms with Crippen LogP contribution in [0.4, 0.5) is 0 Å². The van der Waals surface area contributed by atoms with Gasteiger partial charge in [-0.25, -0.2) is 4.98 Å². The molecule has 138 valence electrons. The van der Waals surface area contributed by atoms with Crippen LogP contribution in [0.15, 0.2) is 41.5 Å². The summed E-state index contributed by atoms with van der Waals surface area (Å²) in [4.78, 5) is 31.9. The number of piperidine rings is 1. The van der Waals surface area contributed by atoms with Gasteiger partial charge >= 0.3 is 0 Å². The number of carbonyl (C=O) groups is 1. The van der Waals surface area contributed by atoms with Crippen LogP contribution in [-0.4, -0.2) is 51.2 Å². The second-order valence-electron chi connectivity index (χ2n) is 6.76. The smallest absolute Gasteiger partial charge is 0.279 e. The Hall–Kier alpha value is -2.67. The summed E-state index contributed by atoms with van der Waals surface area (Å²) in [5.74, 6) is 0.617. The maximum Gasteiger partial charge on any atom is 0.279 e. The van der Waals surface area contributed by atoms with E-state index < -0.39 is 23.7 Å². The highest BCUT2D eigenvalue weighted by molar-refractivity contribution is 5.92. The monoisotopic (exact) mass is 357 g/mol. The Bertz CT molecular complexity index is 833. The van der Waals surface area contributed by atoms with Gasteiger partial charge in [-0.1, -0.05) is 26.0 Å². The van der Waals surface area contributed by atoms with Crippen molar-refractivity contribution in [2.75, 3.05) is 13.1 Å². The minimum Gasteiger partial charge on any atom is -0.488 e. The molecule has 1 aliphatic rings. The number of aromatic nitrogens is 2. The van der Waals surface area contributed by atoms with E-state index in [1.807, 2.05) is 24.3 Å². The van der Waals surface area contributed by atoms with Crippen LogP contribution in [0, 0.1) is 0 Å². The molecule has 1 aromatic heterocycles. The average molecular weight is 357 g/mol. The van der Waals surface area contributed by atoms with E-state index in [4.69, 9.17) is 4.74 Å². The molecule has 0 radical (unpaired) electrons. The Balaban J connectivity index is 1.65. The van der Waals surface area contributed by atoms with Gasteiger partial charge in [-0.3, -0.25) is 9.59 Å². The molecule has 7 nitrogen and oxygen atoms in total. The molecule has 0 aliphatic carbocycles. The molecule has 7 heteroatoms. The van der Waals surface area contributed by atoms with Crippen molar-refractivity contribution in [1.82, 2.24) is 14.9 Å². The molecule has 1 saturated heterocycles. The molecular weight excluding hydrogens is 334 g/mol. The van der Waals surface area contributed by atoms with E-state index >= 15 is 0 Å².